The molecule has 2 aromatic carbocycles. The largest absolute Gasteiger partial charge is 0.497 e. The third-order valence-corrected chi connectivity index (χ3v) is 4.68. The Morgan fingerprint density at radius 3 is 2.41 bits per heavy atom. The Bertz CT molecular complexity index is 1230. The Balaban J connectivity index is 1.41. The normalized spacial score (nSPS) is 12.5. The fourth-order valence-corrected chi connectivity index (χ4v) is 3.12. The molecule has 3 aromatic rings. The van der Waals surface area contributed by atoms with Crippen molar-refractivity contribution in [2.75, 3.05) is 23.9 Å². The van der Waals surface area contributed by atoms with Crippen LogP contribution in [0.1, 0.15) is 36.8 Å². The Morgan fingerprint density at radius 1 is 1.03 bits per heavy atom. The highest BCUT2D eigenvalue weighted by atomic mass is 16.5. The number of nitrogens with zero attached hydrogens (tertiary/aromatic N) is 2. The van der Waals surface area contributed by atoms with Gasteiger partial charge in [-0.25, -0.2) is 9.69 Å². The molecule has 1 aromatic heterocycles. The second-order valence-corrected chi connectivity index (χ2v) is 6.85. The van der Waals surface area contributed by atoms with Gasteiger partial charge in [0, 0.05) is 11.8 Å². The summed E-state index contributed by atoms with van der Waals surface area (Å²) in [6, 6.07) is 12.1. The van der Waals surface area contributed by atoms with E-state index in [2.05, 4.69) is 10.5 Å². The van der Waals surface area contributed by atoms with E-state index in [1.54, 1.807) is 31.2 Å². The van der Waals surface area contributed by atoms with Crippen molar-refractivity contribution in [2.45, 2.75) is 6.92 Å². The highest BCUT2D eigenvalue weighted by Gasteiger charge is 2.38. The number of carbonyl (C=O) groups is 4. The van der Waals surface area contributed by atoms with Crippen LogP contribution in [0.15, 0.2) is 53.1 Å². The number of aromatic nitrogens is 1. The standard InChI is InChI=1S/C22H17N3O7/c1-12-9-18(24-32-12)25-20(27)16-8-3-13(10-17(16)21(25)28)22(29)31-11-19(26)23-14-4-6-15(30-2)7-5-14/h3-10H,11H2,1-2H3,(H,23,26). The van der Waals surface area contributed by atoms with Crippen molar-refractivity contribution >= 4 is 35.2 Å². The first-order valence-corrected chi connectivity index (χ1v) is 9.44. The number of nitrogens with one attached hydrogen (secondary N) is 1. The van der Waals surface area contributed by atoms with Crippen LogP contribution in [0.25, 0.3) is 0 Å². The lowest BCUT2D eigenvalue weighted by molar-refractivity contribution is -0.119. The van der Waals surface area contributed by atoms with E-state index >= 15 is 0 Å². The summed E-state index contributed by atoms with van der Waals surface area (Å²) < 4.78 is 15.0. The Labute approximate surface area is 181 Å². The number of esters is 1. The predicted octanol–water partition coefficient (Wildman–Crippen LogP) is 2.59. The number of methoxy groups -OCH3 is 1. The highest BCUT2D eigenvalue weighted by Crippen LogP contribution is 2.29. The number of benzene rings is 2. The van der Waals surface area contributed by atoms with E-state index in [1.807, 2.05) is 0 Å². The molecular formula is C22H17N3O7. The molecule has 0 spiro atoms. The number of rotatable bonds is 6. The summed E-state index contributed by atoms with van der Waals surface area (Å²) in [6.07, 6.45) is 0. The zero-order chi connectivity index (χ0) is 22.8. The highest BCUT2D eigenvalue weighted by molar-refractivity contribution is 6.34. The van der Waals surface area contributed by atoms with Crippen LogP contribution in [0.5, 0.6) is 5.75 Å². The van der Waals surface area contributed by atoms with Gasteiger partial charge in [-0.1, -0.05) is 5.16 Å². The van der Waals surface area contributed by atoms with Crippen LogP contribution >= 0.6 is 0 Å². The van der Waals surface area contributed by atoms with Crippen LogP contribution in [-0.2, 0) is 9.53 Å². The van der Waals surface area contributed by atoms with Crippen LogP contribution in [0.3, 0.4) is 0 Å². The van der Waals surface area contributed by atoms with Gasteiger partial charge in [0.1, 0.15) is 11.5 Å². The lowest BCUT2D eigenvalue weighted by Gasteiger charge is -2.08. The minimum absolute atomic E-state index is 0.0281. The van der Waals surface area contributed by atoms with Crippen LogP contribution in [0.2, 0.25) is 0 Å². The molecule has 1 aliphatic heterocycles. The third kappa shape index (κ3) is 3.93. The number of anilines is 2. The second-order valence-electron chi connectivity index (χ2n) is 6.85. The molecule has 0 fully saturated rings. The molecule has 0 aliphatic carbocycles. The van der Waals surface area contributed by atoms with Gasteiger partial charge in [0.05, 0.1) is 23.8 Å². The molecule has 1 aliphatic rings. The van der Waals surface area contributed by atoms with E-state index in [0.29, 0.717) is 17.2 Å². The number of hydrogen-bond donors (Lipinski definition) is 1. The van der Waals surface area contributed by atoms with E-state index in [9.17, 15) is 19.2 Å². The molecule has 0 saturated carbocycles. The van der Waals surface area contributed by atoms with Crippen LogP contribution < -0.4 is 15.0 Å². The molecule has 3 amide bonds. The van der Waals surface area contributed by atoms with E-state index < -0.39 is 30.3 Å². The molecule has 32 heavy (non-hydrogen) atoms. The van der Waals surface area contributed by atoms with Gasteiger partial charge in [0.15, 0.2) is 12.4 Å². The van der Waals surface area contributed by atoms with Gasteiger partial charge in [0.2, 0.25) is 0 Å². The minimum atomic E-state index is -0.811. The van der Waals surface area contributed by atoms with Crippen molar-refractivity contribution in [1.82, 2.24) is 5.16 Å². The van der Waals surface area contributed by atoms with Crippen molar-refractivity contribution in [1.29, 1.82) is 0 Å². The lowest BCUT2D eigenvalue weighted by Crippen LogP contribution is -2.29. The number of aryl methyl sites for hydroxylation is 1. The first kappa shape index (κ1) is 20.8. The quantitative estimate of drug-likeness (QED) is 0.462. The maximum atomic E-state index is 12.7. The molecule has 0 radical (unpaired) electrons. The summed E-state index contributed by atoms with van der Waals surface area (Å²) in [5.74, 6) is -1.42. The summed E-state index contributed by atoms with van der Waals surface area (Å²) in [4.78, 5) is 50.6. The molecule has 10 nitrogen and oxygen atoms in total. The van der Waals surface area contributed by atoms with Gasteiger partial charge in [0.25, 0.3) is 17.7 Å². The van der Waals surface area contributed by atoms with Gasteiger partial charge in [-0.3, -0.25) is 14.4 Å². The average Bonchev–Trinajstić information content (AvgIpc) is 3.32. The molecule has 4 rings (SSSR count). The molecule has 0 atom stereocenters. The molecule has 1 N–H and O–H groups in total. The van der Waals surface area contributed by atoms with Gasteiger partial charge >= 0.3 is 5.97 Å². The summed E-state index contributed by atoms with van der Waals surface area (Å²) >= 11 is 0. The summed E-state index contributed by atoms with van der Waals surface area (Å²) in [5, 5.41) is 6.29. The van der Waals surface area contributed by atoms with Gasteiger partial charge in [-0.2, -0.15) is 0 Å². The van der Waals surface area contributed by atoms with Crippen LogP contribution in [0, 0.1) is 6.92 Å². The zero-order valence-corrected chi connectivity index (χ0v) is 17.1. The lowest BCUT2D eigenvalue weighted by atomic mass is 10.1. The SMILES string of the molecule is COc1ccc(NC(=O)COC(=O)c2ccc3c(c2)C(=O)N(c2cc(C)on2)C3=O)cc1. The third-order valence-electron chi connectivity index (χ3n) is 4.68. The van der Waals surface area contributed by atoms with E-state index in [-0.39, 0.29) is 22.5 Å². The Morgan fingerprint density at radius 2 is 1.75 bits per heavy atom. The molecule has 10 heteroatoms. The molecule has 0 bridgehead atoms. The molecule has 0 saturated heterocycles. The maximum Gasteiger partial charge on any atom is 0.338 e. The number of ether oxygens (including phenoxy) is 2. The van der Waals surface area contributed by atoms with E-state index in [4.69, 9.17) is 14.0 Å². The minimum Gasteiger partial charge on any atom is -0.497 e. The topological polar surface area (TPSA) is 128 Å². The molecule has 162 valence electrons. The van der Waals surface area contributed by atoms with Crippen molar-refractivity contribution in [3.63, 3.8) is 0 Å². The van der Waals surface area contributed by atoms with Crippen molar-refractivity contribution in [3.8, 4) is 5.75 Å². The number of imide groups is 1. The predicted molar refractivity (Wildman–Crippen MR) is 111 cm³/mol. The Kier molecular flexibility index (Phi) is 5.42. The number of amides is 3. The number of fused-ring (bicyclic) bond motifs is 1. The number of hydrogen-bond acceptors (Lipinski definition) is 8. The summed E-state index contributed by atoms with van der Waals surface area (Å²) in [6.45, 7) is 1.10. The van der Waals surface area contributed by atoms with Crippen molar-refractivity contribution in [3.05, 3.63) is 71.0 Å². The van der Waals surface area contributed by atoms with Crippen molar-refractivity contribution in [2.24, 2.45) is 0 Å². The zero-order valence-electron chi connectivity index (χ0n) is 17.1. The van der Waals surface area contributed by atoms with E-state index in [0.717, 1.165) is 4.90 Å². The fourth-order valence-electron chi connectivity index (χ4n) is 3.12. The van der Waals surface area contributed by atoms with Crippen LogP contribution in [-0.4, -0.2) is 42.6 Å². The first-order chi connectivity index (χ1) is 15.4. The molecule has 0 unspecified atom stereocenters. The number of carbonyl (C=O) groups excluding carboxylic acids is 4. The van der Waals surface area contributed by atoms with Crippen LogP contribution in [0.4, 0.5) is 11.5 Å². The maximum absolute atomic E-state index is 12.7. The first-order valence-electron chi connectivity index (χ1n) is 9.44. The van der Waals surface area contributed by atoms with Gasteiger partial charge in [-0.15, -0.1) is 0 Å². The summed E-state index contributed by atoms with van der Waals surface area (Å²) in [5.41, 5.74) is 0.703. The molecule has 2 heterocycles. The average molecular weight is 435 g/mol. The summed E-state index contributed by atoms with van der Waals surface area (Å²) in [7, 11) is 1.53. The van der Waals surface area contributed by atoms with Gasteiger partial charge in [-0.05, 0) is 49.4 Å². The fraction of sp³-hybridized carbons (Fsp3) is 0.136. The Hall–Kier alpha value is -4.47. The van der Waals surface area contributed by atoms with Gasteiger partial charge < -0.3 is 19.3 Å². The van der Waals surface area contributed by atoms with E-state index in [1.165, 1.54) is 31.4 Å². The monoisotopic (exact) mass is 435 g/mol. The smallest absolute Gasteiger partial charge is 0.338 e. The second kappa shape index (κ2) is 8.34. The van der Waals surface area contributed by atoms with Crippen molar-refractivity contribution < 1.29 is 33.2 Å². The molecular weight excluding hydrogens is 418 g/mol.